The molecule has 4 unspecified atom stereocenters. The van der Waals surface area contributed by atoms with Crippen LogP contribution in [0, 0.1) is 35.4 Å². The fraction of sp³-hybridized carbons (Fsp3) is 0.562. The van der Waals surface area contributed by atoms with Gasteiger partial charge in [0.25, 0.3) is 0 Å². The number of benzene rings is 1. The van der Waals surface area contributed by atoms with Crippen LogP contribution in [0.15, 0.2) is 18.2 Å². The molecule has 1 aromatic carbocycles. The zero-order valence-corrected chi connectivity index (χ0v) is 11.9. The molecule has 3 fully saturated rings. The van der Waals surface area contributed by atoms with Crippen molar-refractivity contribution in [3.05, 3.63) is 28.5 Å². The molecule has 1 aromatic heterocycles. The van der Waals surface area contributed by atoms with Crippen molar-refractivity contribution in [2.45, 2.75) is 32.2 Å². The van der Waals surface area contributed by atoms with Crippen LogP contribution in [0.25, 0.3) is 11.0 Å². The number of aromatic amines is 1. The van der Waals surface area contributed by atoms with E-state index in [2.05, 4.69) is 34.7 Å². The monoisotopic (exact) mass is 270 g/mol. The fourth-order valence-electron chi connectivity index (χ4n) is 5.15. The fourth-order valence-corrected chi connectivity index (χ4v) is 5.48. The van der Waals surface area contributed by atoms with E-state index >= 15 is 0 Å². The third-order valence-electron chi connectivity index (χ3n) is 5.87. The van der Waals surface area contributed by atoms with Crippen molar-refractivity contribution >= 4 is 23.3 Å². The number of hydrogen-bond donors (Lipinski definition) is 1. The predicted molar refractivity (Wildman–Crippen MR) is 78.7 cm³/mol. The number of fused-ring (bicyclic) bond motifs is 6. The van der Waals surface area contributed by atoms with Crippen LogP contribution >= 0.6 is 12.2 Å². The van der Waals surface area contributed by atoms with Crippen LogP contribution in [-0.2, 0) is 0 Å². The van der Waals surface area contributed by atoms with Crippen LogP contribution in [0.3, 0.4) is 0 Å². The minimum atomic E-state index is 0.703. The zero-order valence-electron chi connectivity index (χ0n) is 11.1. The summed E-state index contributed by atoms with van der Waals surface area (Å²) in [6.45, 7) is 2.16. The predicted octanol–water partition coefficient (Wildman–Crippen LogP) is 4.22. The van der Waals surface area contributed by atoms with Gasteiger partial charge in [0.15, 0.2) is 4.77 Å². The van der Waals surface area contributed by atoms with E-state index in [1.807, 2.05) is 0 Å². The van der Waals surface area contributed by atoms with Crippen molar-refractivity contribution in [3.63, 3.8) is 0 Å². The largest absolute Gasteiger partial charge is 0.331 e. The van der Waals surface area contributed by atoms with Crippen molar-refractivity contribution in [1.82, 2.24) is 9.55 Å². The molecule has 0 aliphatic heterocycles. The molecule has 3 aliphatic carbocycles. The lowest BCUT2D eigenvalue weighted by Crippen LogP contribution is -2.05. The number of nitrogens with zero attached hydrogens (tertiary/aromatic N) is 1. The minimum Gasteiger partial charge on any atom is -0.331 e. The molecule has 3 saturated carbocycles. The van der Waals surface area contributed by atoms with E-state index in [1.165, 1.54) is 35.9 Å². The van der Waals surface area contributed by atoms with E-state index < -0.39 is 0 Å². The summed E-state index contributed by atoms with van der Waals surface area (Å²) in [7, 11) is 0. The van der Waals surface area contributed by atoms with E-state index in [9.17, 15) is 0 Å². The number of H-pyrrole nitrogens is 1. The molecular formula is C16H18N2S. The maximum atomic E-state index is 5.60. The minimum absolute atomic E-state index is 0.703. The molecule has 3 aliphatic rings. The highest BCUT2D eigenvalue weighted by atomic mass is 32.1. The topological polar surface area (TPSA) is 20.7 Å². The molecule has 2 bridgehead atoms. The van der Waals surface area contributed by atoms with E-state index in [0.29, 0.717) is 6.04 Å². The standard InChI is InChI=1S/C16H18N2S/c1-8-2-5-11-12(6-8)18(16(19)17-11)15-13-9-3-4-10(7-9)14(13)15/h2,5-6,9-10,13-15H,3-4,7H2,1H3,(H,17,19). The molecule has 1 N–H and O–H groups in total. The van der Waals surface area contributed by atoms with Crippen molar-refractivity contribution in [2.75, 3.05) is 0 Å². The molecule has 4 atom stereocenters. The quantitative estimate of drug-likeness (QED) is 0.769. The number of aromatic nitrogens is 2. The Kier molecular flexibility index (Phi) is 1.86. The van der Waals surface area contributed by atoms with Gasteiger partial charge in [0, 0.05) is 6.04 Å². The molecule has 1 heterocycles. The number of nitrogens with one attached hydrogen (secondary N) is 1. The number of imidazole rings is 1. The zero-order chi connectivity index (χ0) is 12.7. The summed E-state index contributed by atoms with van der Waals surface area (Å²) in [6.07, 6.45) is 4.44. The number of hydrogen-bond acceptors (Lipinski definition) is 1. The van der Waals surface area contributed by atoms with Gasteiger partial charge in [0.1, 0.15) is 0 Å². The Labute approximate surface area is 117 Å². The van der Waals surface area contributed by atoms with Crippen molar-refractivity contribution in [3.8, 4) is 0 Å². The Morgan fingerprint density at radius 3 is 2.68 bits per heavy atom. The first-order chi connectivity index (χ1) is 9.24. The SMILES string of the molecule is Cc1ccc2[nH]c(=S)n(C3C4C5CCC(C5)C43)c2c1. The molecule has 2 aromatic rings. The Morgan fingerprint density at radius 2 is 1.95 bits per heavy atom. The van der Waals surface area contributed by atoms with Crippen molar-refractivity contribution in [1.29, 1.82) is 0 Å². The van der Waals surface area contributed by atoms with Crippen molar-refractivity contribution < 1.29 is 0 Å². The maximum absolute atomic E-state index is 5.60. The Balaban J connectivity index is 1.69. The highest BCUT2D eigenvalue weighted by Crippen LogP contribution is 2.71. The van der Waals surface area contributed by atoms with E-state index in [-0.39, 0.29) is 0 Å². The molecular weight excluding hydrogens is 252 g/mol. The third kappa shape index (κ3) is 1.25. The molecule has 0 spiro atoms. The molecule has 98 valence electrons. The molecule has 2 nitrogen and oxygen atoms in total. The van der Waals surface area contributed by atoms with Crippen LogP contribution in [0.1, 0.15) is 30.9 Å². The summed E-state index contributed by atoms with van der Waals surface area (Å²) >= 11 is 5.60. The lowest BCUT2D eigenvalue weighted by molar-refractivity contribution is 0.456. The molecule has 0 radical (unpaired) electrons. The second-order valence-electron chi connectivity index (χ2n) is 6.80. The van der Waals surface area contributed by atoms with Crippen LogP contribution in [0.2, 0.25) is 0 Å². The van der Waals surface area contributed by atoms with Gasteiger partial charge in [-0.1, -0.05) is 6.07 Å². The highest BCUT2D eigenvalue weighted by molar-refractivity contribution is 7.71. The van der Waals surface area contributed by atoms with Gasteiger partial charge in [-0.05, 0) is 79.8 Å². The van der Waals surface area contributed by atoms with Gasteiger partial charge in [0.2, 0.25) is 0 Å². The average molecular weight is 270 g/mol. The first-order valence-corrected chi connectivity index (χ1v) is 7.86. The van der Waals surface area contributed by atoms with Gasteiger partial charge in [-0.15, -0.1) is 0 Å². The van der Waals surface area contributed by atoms with Crippen molar-refractivity contribution in [2.24, 2.45) is 23.7 Å². The molecule has 19 heavy (non-hydrogen) atoms. The van der Waals surface area contributed by atoms with Gasteiger partial charge in [-0.3, -0.25) is 0 Å². The summed E-state index contributed by atoms with van der Waals surface area (Å²) in [6, 6.07) is 7.32. The van der Waals surface area contributed by atoms with Crippen LogP contribution in [-0.4, -0.2) is 9.55 Å². The van der Waals surface area contributed by atoms with Crippen LogP contribution in [0.4, 0.5) is 0 Å². The lowest BCUT2D eigenvalue weighted by atomic mass is 10.0. The van der Waals surface area contributed by atoms with E-state index in [0.717, 1.165) is 28.4 Å². The molecule has 3 heteroatoms. The highest BCUT2D eigenvalue weighted by Gasteiger charge is 2.66. The molecule has 0 amide bonds. The van der Waals surface area contributed by atoms with Crippen LogP contribution in [0.5, 0.6) is 0 Å². The Bertz CT molecular complexity index is 725. The summed E-state index contributed by atoms with van der Waals surface area (Å²) < 4.78 is 3.37. The Morgan fingerprint density at radius 1 is 1.21 bits per heavy atom. The van der Waals surface area contributed by atoms with Gasteiger partial charge in [-0.2, -0.15) is 0 Å². The molecule has 0 saturated heterocycles. The first-order valence-electron chi connectivity index (χ1n) is 7.45. The van der Waals surface area contributed by atoms with Gasteiger partial charge < -0.3 is 9.55 Å². The van der Waals surface area contributed by atoms with Gasteiger partial charge >= 0.3 is 0 Å². The van der Waals surface area contributed by atoms with E-state index in [1.54, 1.807) is 0 Å². The number of aryl methyl sites for hydroxylation is 1. The summed E-state index contributed by atoms with van der Waals surface area (Å²) in [5.41, 5.74) is 3.85. The third-order valence-corrected chi connectivity index (χ3v) is 6.16. The van der Waals surface area contributed by atoms with Gasteiger partial charge in [0.05, 0.1) is 11.0 Å². The Hall–Kier alpha value is -1.09. The second-order valence-corrected chi connectivity index (χ2v) is 7.19. The average Bonchev–Trinajstić information content (AvgIpc) is 2.75. The smallest absolute Gasteiger partial charge is 0.178 e. The number of rotatable bonds is 1. The maximum Gasteiger partial charge on any atom is 0.178 e. The summed E-state index contributed by atoms with van der Waals surface area (Å²) in [5, 5.41) is 0. The normalized spacial score (nSPS) is 38.9. The lowest BCUT2D eigenvalue weighted by Gasteiger charge is -2.11. The van der Waals surface area contributed by atoms with Crippen LogP contribution < -0.4 is 0 Å². The summed E-state index contributed by atoms with van der Waals surface area (Å²) in [5.74, 6) is 3.86. The second kappa shape index (κ2) is 3.32. The molecule has 5 rings (SSSR count). The van der Waals surface area contributed by atoms with Gasteiger partial charge in [-0.25, -0.2) is 0 Å². The van der Waals surface area contributed by atoms with E-state index in [4.69, 9.17) is 12.2 Å². The first kappa shape index (κ1) is 10.7. The summed E-state index contributed by atoms with van der Waals surface area (Å²) in [4.78, 5) is 3.39.